The molecular formula is C20H27NO4. The molecule has 1 unspecified atom stereocenters. The molecular weight excluding hydrogens is 318 g/mol. The predicted octanol–water partition coefficient (Wildman–Crippen LogP) is 3.47. The molecule has 2 amide bonds. The minimum absolute atomic E-state index is 0.0327. The number of nitrogens with zero attached hydrogens (tertiary/aromatic N) is 1. The highest BCUT2D eigenvalue weighted by molar-refractivity contribution is 5.98. The van der Waals surface area contributed by atoms with E-state index in [0.29, 0.717) is 25.8 Å². The number of esters is 1. The van der Waals surface area contributed by atoms with Gasteiger partial charge in [-0.25, -0.2) is 0 Å². The van der Waals surface area contributed by atoms with Crippen molar-refractivity contribution in [3.8, 4) is 0 Å². The Labute approximate surface area is 149 Å². The van der Waals surface area contributed by atoms with E-state index in [1.807, 2.05) is 30.3 Å². The Balaban J connectivity index is 1.75. The van der Waals surface area contributed by atoms with Crippen LogP contribution in [0.2, 0.25) is 0 Å². The fourth-order valence-electron chi connectivity index (χ4n) is 3.22. The maximum Gasteiger partial charge on any atom is 0.305 e. The standard InChI is InChI=1S/C20H27NO4/c1-25-19(23)12-8-3-2-7-11-17-13-14-18(22)21(20(17)24)15-16-9-5-4-6-10-16/h4-6,9-10,17H,2-3,7-8,11-15H2,1H3. The summed E-state index contributed by atoms with van der Waals surface area (Å²) in [6.07, 6.45) is 6.11. The zero-order chi connectivity index (χ0) is 18.1. The van der Waals surface area contributed by atoms with Gasteiger partial charge in [0.1, 0.15) is 0 Å². The van der Waals surface area contributed by atoms with Gasteiger partial charge in [0.15, 0.2) is 0 Å². The minimum Gasteiger partial charge on any atom is -0.469 e. The van der Waals surface area contributed by atoms with Crippen molar-refractivity contribution in [3.05, 3.63) is 35.9 Å². The molecule has 136 valence electrons. The van der Waals surface area contributed by atoms with Crippen LogP contribution in [0.4, 0.5) is 0 Å². The average molecular weight is 345 g/mol. The van der Waals surface area contributed by atoms with Crippen LogP contribution >= 0.6 is 0 Å². The van der Waals surface area contributed by atoms with Crippen LogP contribution in [0.25, 0.3) is 0 Å². The maximum atomic E-state index is 12.6. The number of likely N-dealkylation sites (tertiary alicyclic amines) is 1. The highest BCUT2D eigenvalue weighted by atomic mass is 16.5. The van der Waals surface area contributed by atoms with Crippen molar-refractivity contribution >= 4 is 17.8 Å². The first-order valence-electron chi connectivity index (χ1n) is 9.06. The molecule has 1 heterocycles. The molecule has 1 aromatic rings. The number of hydrogen-bond acceptors (Lipinski definition) is 4. The molecule has 1 saturated heterocycles. The van der Waals surface area contributed by atoms with Crippen LogP contribution in [0.5, 0.6) is 0 Å². The van der Waals surface area contributed by atoms with E-state index in [4.69, 9.17) is 0 Å². The molecule has 0 radical (unpaired) electrons. The SMILES string of the molecule is COC(=O)CCCCCCC1CCC(=O)N(Cc2ccccc2)C1=O. The third-order valence-electron chi connectivity index (χ3n) is 4.72. The van der Waals surface area contributed by atoms with Crippen LogP contribution in [-0.4, -0.2) is 29.8 Å². The molecule has 5 heteroatoms. The van der Waals surface area contributed by atoms with Crippen molar-refractivity contribution in [2.45, 2.75) is 57.9 Å². The summed E-state index contributed by atoms with van der Waals surface area (Å²) in [4.78, 5) is 37.2. The number of unbranched alkanes of at least 4 members (excludes halogenated alkanes) is 3. The highest BCUT2D eigenvalue weighted by Gasteiger charge is 2.33. The number of piperidine rings is 1. The molecule has 1 atom stereocenters. The maximum absolute atomic E-state index is 12.6. The molecule has 0 N–H and O–H groups in total. The van der Waals surface area contributed by atoms with Crippen LogP contribution in [0.15, 0.2) is 30.3 Å². The Bertz CT molecular complexity index is 585. The summed E-state index contributed by atoms with van der Waals surface area (Å²) in [5.41, 5.74) is 0.979. The second-order valence-electron chi connectivity index (χ2n) is 6.57. The summed E-state index contributed by atoms with van der Waals surface area (Å²) in [6.45, 7) is 0.369. The first-order valence-corrected chi connectivity index (χ1v) is 9.06. The van der Waals surface area contributed by atoms with Gasteiger partial charge in [-0.2, -0.15) is 0 Å². The average Bonchev–Trinajstić information content (AvgIpc) is 2.63. The first-order chi connectivity index (χ1) is 12.1. The van der Waals surface area contributed by atoms with Gasteiger partial charge in [-0.3, -0.25) is 19.3 Å². The van der Waals surface area contributed by atoms with Gasteiger partial charge in [-0.05, 0) is 24.8 Å². The van der Waals surface area contributed by atoms with Gasteiger partial charge in [0.2, 0.25) is 11.8 Å². The summed E-state index contributed by atoms with van der Waals surface area (Å²) >= 11 is 0. The lowest BCUT2D eigenvalue weighted by atomic mass is 9.90. The molecule has 0 saturated carbocycles. The fourth-order valence-corrected chi connectivity index (χ4v) is 3.22. The topological polar surface area (TPSA) is 63.7 Å². The van der Waals surface area contributed by atoms with Crippen LogP contribution in [0.1, 0.15) is 56.9 Å². The molecule has 1 aromatic carbocycles. The first kappa shape index (κ1) is 19.2. The summed E-state index contributed by atoms with van der Waals surface area (Å²) in [6, 6.07) is 9.63. The zero-order valence-corrected chi connectivity index (χ0v) is 14.9. The number of methoxy groups -OCH3 is 1. The third-order valence-corrected chi connectivity index (χ3v) is 4.72. The second-order valence-corrected chi connectivity index (χ2v) is 6.57. The number of benzene rings is 1. The number of amides is 2. The normalized spacial score (nSPS) is 17.6. The van der Waals surface area contributed by atoms with Crippen molar-refractivity contribution in [2.75, 3.05) is 7.11 Å². The number of carbonyl (C=O) groups excluding carboxylic acids is 3. The molecule has 1 aliphatic heterocycles. The lowest BCUT2D eigenvalue weighted by Gasteiger charge is -2.30. The molecule has 1 fully saturated rings. The number of hydrogen-bond donors (Lipinski definition) is 0. The van der Waals surface area contributed by atoms with E-state index in [0.717, 1.165) is 37.7 Å². The number of rotatable bonds is 9. The minimum atomic E-state index is -0.169. The van der Waals surface area contributed by atoms with E-state index in [-0.39, 0.29) is 23.7 Å². The van der Waals surface area contributed by atoms with Crippen LogP contribution in [0.3, 0.4) is 0 Å². The molecule has 0 bridgehead atoms. The van der Waals surface area contributed by atoms with Crippen LogP contribution in [-0.2, 0) is 25.7 Å². The van der Waals surface area contributed by atoms with Gasteiger partial charge < -0.3 is 4.74 Å². The lowest BCUT2D eigenvalue weighted by Crippen LogP contribution is -2.44. The molecule has 1 aliphatic rings. The Morgan fingerprint density at radius 2 is 1.84 bits per heavy atom. The largest absolute Gasteiger partial charge is 0.469 e. The highest BCUT2D eigenvalue weighted by Crippen LogP contribution is 2.26. The number of imide groups is 1. The Morgan fingerprint density at radius 3 is 2.56 bits per heavy atom. The van der Waals surface area contributed by atoms with Gasteiger partial charge in [0, 0.05) is 18.8 Å². The van der Waals surface area contributed by atoms with E-state index in [1.54, 1.807) is 0 Å². The van der Waals surface area contributed by atoms with Crippen molar-refractivity contribution < 1.29 is 19.1 Å². The zero-order valence-electron chi connectivity index (χ0n) is 14.9. The third kappa shape index (κ3) is 6.00. The van der Waals surface area contributed by atoms with E-state index in [1.165, 1.54) is 12.0 Å². The van der Waals surface area contributed by atoms with Gasteiger partial charge in [0.05, 0.1) is 13.7 Å². The molecule has 25 heavy (non-hydrogen) atoms. The summed E-state index contributed by atoms with van der Waals surface area (Å²) in [5.74, 6) is -0.322. The second kappa shape index (κ2) is 9.97. The summed E-state index contributed by atoms with van der Waals surface area (Å²) < 4.78 is 4.62. The van der Waals surface area contributed by atoms with Crippen LogP contribution < -0.4 is 0 Å². The van der Waals surface area contributed by atoms with Crippen molar-refractivity contribution in [2.24, 2.45) is 5.92 Å². The lowest BCUT2D eigenvalue weighted by molar-refractivity contribution is -0.152. The number of carbonyl (C=O) groups is 3. The van der Waals surface area contributed by atoms with E-state index < -0.39 is 0 Å². The van der Waals surface area contributed by atoms with Crippen molar-refractivity contribution in [1.29, 1.82) is 0 Å². The van der Waals surface area contributed by atoms with Gasteiger partial charge >= 0.3 is 5.97 Å². The molecule has 2 rings (SSSR count). The van der Waals surface area contributed by atoms with Crippen molar-refractivity contribution in [1.82, 2.24) is 4.90 Å². The van der Waals surface area contributed by atoms with E-state index >= 15 is 0 Å². The molecule has 0 spiro atoms. The monoisotopic (exact) mass is 345 g/mol. The van der Waals surface area contributed by atoms with Crippen molar-refractivity contribution in [3.63, 3.8) is 0 Å². The molecule has 5 nitrogen and oxygen atoms in total. The van der Waals surface area contributed by atoms with Gasteiger partial charge in [-0.15, -0.1) is 0 Å². The van der Waals surface area contributed by atoms with E-state index in [2.05, 4.69) is 4.74 Å². The van der Waals surface area contributed by atoms with E-state index in [9.17, 15) is 14.4 Å². The summed E-state index contributed by atoms with van der Waals surface area (Å²) in [5, 5.41) is 0. The smallest absolute Gasteiger partial charge is 0.305 e. The quantitative estimate of drug-likeness (QED) is 0.390. The Hall–Kier alpha value is -2.17. The summed E-state index contributed by atoms with van der Waals surface area (Å²) in [7, 11) is 1.40. The fraction of sp³-hybridized carbons (Fsp3) is 0.550. The van der Waals surface area contributed by atoms with Gasteiger partial charge in [0.25, 0.3) is 0 Å². The Kier molecular flexibility index (Phi) is 7.64. The number of ether oxygens (including phenoxy) is 1. The predicted molar refractivity (Wildman–Crippen MR) is 94.4 cm³/mol. The Morgan fingerprint density at radius 1 is 1.12 bits per heavy atom. The van der Waals surface area contributed by atoms with Gasteiger partial charge in [-0.1, -0.05) is 49.6 Å². The van der Waals surface area contributed by atoms with Crippen LogP contribution in [0, 0.1) is 5.92 Å². The molecule has 0 aliphatic carbocycles. The molecule has 0 aromatic heterocycles.